The Balaban J connectivity index is 2.09. The van der Waals surface area contributed by atoms with Crippen molar-refractivity contribution < 1.29 is 0 Å². The maximum absolute atomic E-state index is 4.24. The Labute approximate surface area is 61.0 Å². The summed E-state index contributed by atoms with van der Waals surface area (Å²) < 4.78 is 0. The molecule has 2 nitrogen and oxygen atoms in total. The smallest absolute Gasteiger partial charge is 0.0590 e. The topological polar surface area (TPSA) is 24.4 Å². The number of fused-ring (bicyclic) bond motifs is 1. The van der Waals surface area contributed by atoms with Gasteiger partial charge in [-0.05, 0) is 31.2 Å². The highest BCUT2D eigenvalue weighted by atomic mass is 15.0. The minimum absolute atomic E-state index is 0.620. The van der Waals surface area contributed by atoms with E-state index in [9.17, 15) is 0 Å². The Bertz CT molecular complexity index is 136. The monoisotopic (exact) mass is 136 g/mol. The molecule has 0 aromatic carbocycles. The molecule has 0 saturated carbocycles. The van der Waals surface area contributed by atoms with Crippen LogP contribution in [0.1, 0.15) is 12.8 Å². The van der Waals surface area contributed by atoms with Crippen LogP contribution < -0.4 is 5.32 Å². The molecule has 0 spiro atoms. The average Bonchev–Trinajstić information content (AvgIpc) is 2.05. The van der Waals surface area contributed by atoms with Gasteiger partial charge in [-0.25, -0.2) is 0 Å². The number of aliphatic imine (C=N–C) groups is 1. The van der Waals surface area contributed by atoms with E-state index in [-0.39, 0.29) is 0 Å². The van der Waals surface area contributed by atoms with Gasteiger partial charge in [-0.15, -0.1) is 0 Å². The van der Waals surface area contributed by atoms with Gasteiger partial charge in [0.25, 0.3) is 0 Å². The van der Waals surface area contributed by atoms with E-state index in [2.05, 4.69) is 28.8 Å². The van der Waals surface area contributed by atoms with Gasteiger partial charge in [0.05, 0.1) is 6.54 Å². The molecule has 2 heterocycles. The molecular formula is C8H12N2. The molecule has 0 saturated heterocycles. The fourth-order valence-corrected chi connectivity index (χ4v) is 1.60. The molecule has 1 N–H and O–H groups in total. The van der Waals surface area contributed by atoms with Gasteiger partial charge >= 0.3 is 0 Å². The zero-order valence-corrected chi connectivity index (χ0v) is 5.96. The van der Waals surface area contributed by atoms with Crippen LogP contribution in [0, 0.1) is 5.92 Å². The van der Waals surface area contributed by atoms with Crippen molar-refractivity contribution in [3.05, 3.63) is 12.3 Å². The van der Waals surface area contributed by atoms with Crippen LogP contribution in [0.25, 0.3) is 0 Å². The van der Waals surface area contributed by atoms with Gasteiger partial charge in [-0.2, -0.15) is 0 Å². The second-order valence-electron chi connectivity index (χ2n) is 2.95. The van der Waals surface area contributed by atoms with E-state index in [4.69, 9.17) is 0 Å². The molecule has 0 bridgehead atoms. The van der Waals surface area contributed by atoms with Crippen LogP contribution in [0.2, 0.25) is 0 Å². The van der Waals surface area contributed by atoms with E-state index < -0.39 is 0 Å². The lowest BCUT2D eigenvalue weighted by atomic mass is 9.89. The molecular weight excluding hydrogens is 124 g/mol. The van der Waals surface area contributed by atoms with Crippen molar-refractivity contribution in [3.8, 4) is 0 Å². The normalized spacial score (nSPS) is 36.8. The fraction of sp³-hybridized carbons (Fsp3) is 0.625. The number of allylic oxidation sites excluding steroid dienone is 1. The molecule has 0 fully saturated rings. The first-order valence-electron chi connectivity index (χ1n) is 3.86. The lowest BCUT2D eigenvalue weighted by Gasteiger charge is -2.30. The van der Waals surface area contributed by atoms with Crippen LogP contribution in [-0.4, -0.2) is 18.8 Å². The van der Waals surface area contributed by atoms with Gasteiger partial charge in [0.2, 0.25) is 0 Å². The number of hydrogen-bond acceptors (Lipinski definition) is 2. The SMILES string of the molecule is C1=CNC2CN=CCC2C1. The van der Waals surface area contributed by atoms with E-state index in [0.717, 1.165) is 18.9 Å². The minimum atomic E-state index is 0.620. The lowest BCUT2D eigenvalue weighted by molar-refractivity contribution is 0.375. The molecule has 0 amide bonds. The Morgan fingerprint density at radius 1 is 1.40 bits per heavy atom. The number of nitrogens with one attached hydrogen (secondary N) is 1. The largest absolute Gasteiger partial charge is 0.386 e. The predicted octanol–water partition coefficient (Wildman–Crippen LogP) is 0.953. The first-order valence-corrected chi connectivity index (χ1v) is 3.86. The first-order chi connectivity index (χ1) is 4.97. The third kappa shape index (κ3) is 0.939. The van der Waals surface area contributed by atoms with Gasteiger partial charge < -0.3 is 5.32 Å². The van der Waals surface area contributed by atoms with Gasteiger partial charge in [-0.1, -0.05) is 6.08 Å². The fourth-order valence-electron chi connectivity index (χ4n) is 1.60. The minimum Gasteiger partial charge on any atom is -0.386 e. The Hall–Kier alpha value is -0.790. The second-order valence-corrected chi connectivity index (χ2v) is 2.95. The summed E-state index contributed by atoms with van der Waals surface area (Å²) in [6, 6.07) is 0.620. The molecule has 2 heteroatoms. The lowest BCUT2D eigenvalue weighted by Crippen LogP contribution is -2.40. The zero-order chi connectivity index (χ0) is 6.81. The Morgan fingerprint density at radius 3 is 3.30 bits per heavy atom. The van der Waals surface area contributed by atoms with E-state index in [1.807, 2.05) is 0 Å². The molecule has 54 valence electrons. The zero-order valence-electron chi connectivity index (χ0n) is 5.96. The predicted molar refractivity (Wildman–Crippen MR) is 42.1 cm³/mol. The van der Waals surface area contributed by atoms with Crippen LogP contribution in [0.4, 0.5) is 0 Å². The average molecular weight is 136 g/mol. The number of nitrogens with zero attached hydrogens (tertiary/aromatic N) is 1. The molecule has 0 aliphatic carbocycles. The summed E-state index contributed by atoms with van der Waals surface area (Å²) in [6.45, 7) is 0.967. The highest BCUT2D eigenvalue weighted by molar-refractivity contribution is 5.59. The third-order valence-corrected chi connectivity index (χ3v) is 2.28. The van der Waals surface area contributed by atoms with Crippen LogP contribution in [0.5, 0.6) is 0 Å². The highest BCUT2D eigenvalue weighted by Gasteiger charge is 2.22. The molecule has 0 radical (unpaired) electrons. The second kappa shape index (κ2) is 2.45. The Kier molecular flexibility index (Phi) is 1.46. The van der Waals surface area contributed by atoms with Gasteiger partial charge in [0.1, 0.15) is 0 Å². The summed E-state index contributed by atoms with van der Waals surface area (Å²) >= 11 is 0. The van der Waals surface area contributed by atoms with Crippen molar-refractivity contribution in [3.63, 3.8) is 0 Å². The molecule has 0 aromatic heterocycles. The summed E-state index contributed by atoms with van der Waals surface area (Å²) in [5.41, 5.74) is 0. The van der Waals surface area contributed by atoms with Crippen molar-refractivity contribution in [2.24, 2.45) is 10.9 Å². The molecule has 2 aliphatic rings. The van der Waals surface area contributed by atoms with Crippen molar-refractivity contribution in [1.29, 1.82) is 0 Å². The summed E-state index contributed by atoms with van der Waals surface area (Å²) in [4.78, 5) is 4.24. The van der Waals surface area contributed by atoms with E-state index in [0.29, 0.717) is 6.04 Å². The number of rotatable bonds is 0. The van der Waals surface area contributed by atoms with Gasteiger partial charge in [0, 0.05) is 6.04 Å². The van der Waals surface area contributed by atoms with Crippen molar-refractivity contribution in [2.75, 3.05) is 6.54 Å². The van der Waals surface area contributed by atoms with E-state index >= 15 is 0 Å². The van der Waals surface area contributed by atoms with Crippen LogP contribution >= 0.6 is 0 Å². The first kappa shape index (κ1) is 5.96. The molecule has 0 aromatic rings. The number of hydrogen-bond donors (Lipinski definition) is 1. The van der Waals surface area contributed by atoms with Gasteiger partial charge in [0.15, 0.2) is 0 Å². The van der Waals surface area contributed by atoms with Crippen molar-refractivity contribution in [1.82, 2.24) is 5.32 Å². The maximum atomic E-state index is 4.24. The molecule has 10 heavy (non-hydrogen) atoms. The van der Waals surface area contributed by atoms with E-state index in [1.54, 1.807) is 0 Å². The van der Waals surface area contributed by atoms with Crippen LogP contribution in [0.3, 0.4) is 0 Å². The van der Waals surface area contributed by atoms with Crippen LogP contribution in [-0.2, 0) is 0 Å². The summed E-state index contributed by atoms with van der Waals surface area (Å²) in [6.07, 6.45) is 8.70. The maximum Gasteiger partial charge on any atom is 0.0590 e. The summed E-state index contributed by atoms with van der Waals surface area (Å²) in [5, 5.41) is 3.33. The van der Waals surface area contributed by atoms with Crippen LogP contribution in [0.15, 0.2) is 17.3 Å². The van der Waals surface area contributed by atoms with Crippen molar-refractivity contribution in [2.45, 2.75) is 18.9 Å². The Morgan fingerprint density at radius 2 is 2.40 bits per heavy atom. The summed E-state index contributed by atoms with van der Waals surface area (Å²) in [7, 11) is 0. The summed E-state index contributed by atoms with van der Waals surface area (Å²) in [5.74, 6) is 0.808. The standard InChI is InChI=1S/C8H12N2/c1-2-7-3-5-9-6-8(7)10-4-1/h1,4-5,7-8,10H,2-3,6H2. The molecule has 2 unspecified atom stereocenters. The highest BCUT2D eigenvalue weighted by Crippen LogP contribution is 2.19. The van der Waals surface area contributed by atoms with Crippen molar-refractivity contribution >= 4 is 6.21 Å². The molecule has 2 rings (SSSR count). The third-order valence-electron chi connectivity index (χ3n) is 2.28. The van der Waals surface area contributed by atoms with E-state index in [1.165, 1.54) is 6.42 Å². The quantitative estimate of drug-likeness (QED) is 0.527. The van der Waals surface area contributed by atoms with Gasteiger partial charge in [-0.3, -0.25) is 4.99 Å². The molecule has 2 aliphatic heterocycles. The molecule has 2 atom stereocenters.